The van der Waals surface area contributed by atoms with Crippen molar-refractivity contribution in [1.29, 1.82) is 0 Å². The molecule has 0 unspecified atom stereocenters. The molecule has 0 aliphatic rings. The Morgan fingerprint density at radius 2 is 2.19 bits per heavy atom. The van der Waals surface area contributed by atoms with Crippen LogP contribution in [-0.2, 0) is 7.05 Å². The predicted octanol–water partition coefficient (Wildman–Crippen LogP) is 0.265. The molecule has 2 N–H and O–H groups in total. The molecule has 0 saturated carbocycles. The number of nitrogens with zero attached hydrogens (tertiary/aromatic N) is 4. The summed E-state index contributed by atoms with van der Waals surface area (Å²) in [6.07, 6.45) is 1.53. The van der Waals surface area contributed by atoms with Crippen molar-refractivity contribution >= 4 is 18.5 Å². The van der Waals surface area contributed by atoms with Crippen LogP contribution < -0.4 is 5.73 Å². The number of thiol groups is 1. The molecule has 7 heteroatoms. The number of rotatable bonds is 2. The van der Waals surface area contributed by atoms with Gasteiger partial charge in [0.2, 0.25) is 0 Å². The maximum absolute atomic E-state index is 10.8. The van der Waals surface area contributed by atoms with Crippen LogP contribution in [0.2, 0.25) is 0 Å². The third-order valence-electron chi connectivity index (χ3n) is 2.13. The van der Waals surface area contributed by atoms with Gasteiger partial charge in [0.15, 0.2) is 11.0 Å². The Bertz CT molecular complexity index is 533. The maximum atomic E-state index is 10.8. The third kappa shape index (κ3) is 1.76. The van der Waals surface area contributed by atoms with E-state index in [0.717, 1.165) is 5.56 Å². The van der Waals surface area contributed by atoms with Crippen molar-refractivity contribution in [3.05, 3.63) is 24.0 Å². The molecule has 2 rings (SSSR count). The summed E-state index contributed by atoms with van der Waals surface area (Å²) in [5, 5.41) is 8.26. The fraction of sp³-hybridized carbons (Fsp3) is 0.111. The number of aromatic nitrogens is 4. The van der Waals surface area contributed by atoms with E-state index < -0.39 is 5.91 Å². The lowest BCUT2D eigenvalue weighted by Gasteiger charge is -2.01. The van der Waals surface area contributed by atoms with Gasteiger partial charge in [0, 0.05) is 18.8 Å². The fourth-order valence-corrected chi connectivity index (χ4v) is 1.38. The fourth-order valence-electron chi connectivity index (χ4n) is 1.24. The second-order valence-corrected chi connectivity index (χ2v) is 3.58. The molecule has 0 aromatic carbocycles. The van der Waals surface area contributed by atoms with Crippen LogP contribution >= 0.6 is 12.6 Å². The van der Waals surface area contributed by atoms with Gasteiger partial charge < -0.3 is 10.3 Å². The lowest BCUT2D eigenvalue weighted by Crippen LogP contribution is -2.12. The lowest BCUT2D eigenvalue weighted by atomic mass is 10.2. The van der Waals surface area contributed by atoms with Crippen molar-refractivity contribution in [2.24, 2.45) is 12.8 Å². The number of nitrogens with two attached hydrogens (primary N) is 1. The first-order valence-electron chi connectivity index (χ1n) is 4.44. The van der Waals surface area contributed by atoms with Gasteiger partial charge in [-0.25, -0.2) is 0 Å². The minimum Gasteiger partial charge on any atom is -0.364 e. The molecule has 0 aliphatic heterocycles. The van der Waals surface area contributed by atoms with Gasteiger partial charge in [-0.15, -0.1) is 22.8 Å². The first-order chi connectivity index (χ1) is 7.59. The van der Waals surface area contributed by atoms with Gasteiger partial charge in [0.05, 0.1) is 0 Å². The topological polar surface area (TPSA) is 86.7 Å². The molecule has 0 spiro atoms. The quantitative estimate of drug-likeness (QED) is 0.731. The first-order valence-corrected chi connectivity index (χ1v) is 4.89. The van der Waals surface area contributed by atoms with E-state index in [9.17, 15) is 4.79 Å². The predicted molar refractivity (Wildman–Crippen MR) is 60.0 cm³/mol. The van der Waals surface area contributed by atoms with Crippen LogP contribution in [-0.4, -0.2) is 25.7 Å². The molecule has 0 saturated heterocycles. The molecule has 6 nitrogen and oxygen atoms in total. The molecule has 1 amide bonds. The molecule has 82 valence electrons. The lowest BCUT2D eigenvalue weighted by molar-refractivity contribution is 0.0995. The van der Waals surface area contributed by atoms with Crippen LogP contribution in [0.15, 0.2) is 23.5 Å². The van der Waals surface area contributed by atoms with E-state index in [1.54, 1.807) is 23.7 Å². The van der Waals surface area contributed by atoms with Crippen LogP contribution in [0.3, 0.4) is 0 Å². The Morgan fingerprint density at radius 1 is 1.44 bits per heavy atom. The number of carbonyl (C=O) groups is 1. The average molecular weight is 235 g/mol. The number of primary amides is 1. The molecule has 0 fully saturated rings. The summed E-state index contributed by atoms with van der Waals surface area (Å²) in [5.41, 5.74) is 6.06. The molecule has 2 aromatic rings. The molecular weight excluding hydrogens is 226 g/mol. The smallest absolute Gasteiger partial charge is 0.267 e. The monoisotopic (exact) mass is 235 g/mol. The van der Waals surface area contributed by atoms with Gasteiger partial charge >= 0.3 is 0 Å². The molecule has 0 radical (unpaired) electrons. The van der Waals surface area contributed by atoms with Crippen LogP contribution in [0.1, 0.15) is 10.5 Å². The molecule has 0 aliphatic carbocycles. The molecular formula is C9H9N5OS. The van der Waals surface area contributed by atoms with Crippen molar-refractivity contribution in [3.8, 4) is 11.4 Å². The number of hydrogen-bond acceptors (Lipinski definition) is 5. The maximum Gasteiger partial charge on any atom is 0.267 e. The van der Waals surface area contributed by atoms with E-state index in [1.165, 1.54) is 6.20 Å². The highest BCUT2D eigenvalue weighted by atomic mass is 32.1. The number of carbonyl (C=O) groups excluding carboxylic acids is 1. The Morgan fingerprint density at radius 3 is 2.62 bits per heavy atom. The summed E-state index contributed by atoms with van der Waals surface area (Å²) in [7, 11) is 1.79. The van der Waals surface area contributed by atoms with Crippen molar-refractivity contribution in [2.75, 3.05) is 0 Å². The van der Waals surface area contributed by atoms with E-state index in [2.05, 4.69) is 27.8 Å². The molecule has 16 heavy (non-hydrogen) atoms. The average Bonchev–Trinajstić information content (AvgIpc) is 2.60. The summed E-state index contributed by atoms with van der Waals surface area (Å²) >= 11 is 4.12. The van der Waals surface area contributed by atoms with Crippen molar-refractivity contribution in [2.45, 2.75) is 5.16 Å². The minimum absolute atomic E-state index is 0.219. The second-order valence-electron chi connectivity index (χ2n) is 3.18. The Hall–Kier alpha value is -1.89. The first kappa shape index (κ1) is 10.6. The van der Waals surface area contributed by atoms with Crippen LogP contribution in [0.5, 0.6) is 0 Å². The van der Waals surface area contributed by atoms with Gasteiger partial charge in [-0.05, 0) is 12.1 Å². The van der Waals surface area contributed by atoms with Crippen molar-refractivity contribution < 1.29 is 4.79 Å². The van der Waals surface area contributed by atoms with E-state index in [4.69, 9.17) is 5.73 Å². The highest BCUT2D eigenvalue weighted by molar-refractivity contribution is 7.80. The highest BCUT2D eigenvalue weighted by Gasteiger charge is 2.09. The van der Waals surface area contributed by atoms with Crippen LogP contribution in [0.4, 0.5) is 0 Å². The van der Waals surface area contributed by atoms with Gasteiger partial charge in [0.1, 0.15) is 5.69 Å². The van der Waals surface area contributed by atoms with E-state index in [0.29, 0.717) is 11.0 Å². The van der Waals surface area contributed by atoms with Gasteiger partial charge in [-0.3, -0.25) is 9.78 Å². The zero-order valence-electron chi connectivity index (χ0n) is 8.45. The standard InChI is InChI=1S/C9H9N5OS/c1-14-8(12-13-9(14)16)5-2-3-6(7(10)15)11-4-5/h2-4H,1H3,(H2,10,15)(H,13,16). The number of amides is 1. The van der Waals surface area contributed by atoms with E-state index in [-0.39, 0.29) is 5.69 Å². The number of pyridine rings is 1. The van der Waals surface area contributed by atoms with Gasteiger partial charge in [-0.2, -0.15) is 0 Å². The summed E-state index contributed by atoms with van der Waals surface area (Å²) < 4.78 is 1.71. The molecule has 0 atom stereocenters. The SMILES string of the molecule is Cn1c(S)nnc1-c1ccc(C(N)=O)nc1. The summed E-state index contributed by atoms with van der Waals surface area (Å²) in [6.45, 7) is 0. The summed E-state index contributed by atoms with van der Waals surface area (Å²) in [4.78, 5) is 14.8. The summed E-state index contributed by atoms with van der Waals surface area (Å²) in [5.74, 6) is 0.0768. The van der Waals surface area contributed by atoms with E-state index in [1.807, 2.05) is 0 Å². The zero-order valence-corrected chi connectivity index (χ0v) is 9.35. The Kier molecular flexibility index (Phi) is 2.61. The highest BCUT2D eigenvalue weighted by Crippen LogP contribution is 2.17. The molecule has 2 heterocycles. The zero-order chi connectivity index (χ0) is 11.7. The number of hydrogen-bond donors (Lipinski definition) is 2. The van der Waals surface area contributed by atoms with Gasteiger partial charge in [0.25, 0.3) is 5.91 Å². The normalized spacial score (nSPS) is 10.4. The van der Waals surface area contributed by atoms with Crippen molar-refractivity contribution in [1.82, 2.24) is 19.7 Å². The largest absolute Gasteiger partial charge is 0.364 e. The molecule has 2 aromatic heterocycles. The second kappa shape index (κ2) is 3.93. The van der Waals surface area contributed by atoms with Gasteiger partial charge in [-0.1, -0.05) is 0 Å². The minimum atomic E-state index is -0.556. The Balaban J connectivity index is 2.42. The van der Waals surface area contributed by atoms with Crippen molar-refractivity contribution in [3.63, 3.8) is 0 Å². The summed E-state index contributed by atoms with van der Waals surface area (Å²) in [6, 6.07) is 3.26. The Labute approximate surface area is 96.9 Å². The van der Waals surface area contributed by atoms with Crippen LogP contribution in [0, 0.1) is 0 Å². The van der Waals surface area contributed by atoms with E-state index >= 15 is 0 Å². The molecule has 0 bridgehead atoms. The van der Waals surface area contributed by atoms with Crippen LogP contribution in [0.25, 0.3) is 11.4 Å². The third-order valence-corrected chi connectivity index (χ3v) is 2.52.